The van der Waals surface area contributed by atoms with Crippen LogP contribution in [-0.2, 0) is 16.4 Å². The van der Waals surface area contributed by atoms with Crippen molar-refractivity contribution >= 4 is 16.1 Å². The lowest BCUT2D eigenvalue weighted by molar-refractivity contribution is 0.111. The Bertz CT molecular complexity index is 729. The molecule has 2 rings (SSSR count). The molecule has 20 heavy (non-hydrogen) atoms. The van der Waals surface area contributed by atoms with Gasteiger partial charge in [0.2, 0.25) is 5.88 Å². The Morgan fingerprint density at radius 3 is 2.85 bits per heavy atom. The normalized spacial score (nSPS) is 11.1. The zero-order chi connectivity index (χ0) is 14.6. The first-order chi connectivity index (χ1) is 9.50. The molecule has 2 aromatic heterocycles. The summed E-state index contributed by atoms with van der Waals surface area (Å²) < 4.78 is 28.2. The molecule has 0 fully saturated rings. The van der Waals surface area contributed by atoms with Crippen molar-refractivity contribution in [1.29, 1.82) is 0 Å². The van der Waals surface area contributed by atoms with Crippen LogP contribution >= 0.6 is 0 Å². The van der Waals surface area contributed by atoms with Gasteiger partial charge in [0.25, 0.3) is 0 Å². The van der Waals surface area contributed by atoms with E-state index in [2.05, 4.69) is 9.97 Å². The van der Waals surface area contributed by atoms with Gasteiger partial charge in [-0.1, -0.05) is 0 Å². The number of aromatic nitrogens is 2. The molecule has 0 atom stereocenters. The van der Waals surface area contributed by atoms with Crippen molar-refractivity contribution in [2.45, 2.75) is 11.5 Å². The number of carbonyl (C=O) groups is 1. The standard InChI is InChI=1S/C13H12N2O4S/c1-20(17,18)12-5-10(6-14-7-12)9-19-13-11(8-16)3-2-4-15-13/h2-8H,9H2,1H3. The van der Waals surface area contributed by atoms with Gasteiger partial charge in [0, 0.05) is 30.4 Å². The number of sulfone groups is 1. The second-order valence-electron chi connectivity index (χ2n) is 4.11. The molecule has 0 unspecified atom stereocenters. The molecule has 0 N–H and O–H groups in total. The van der Waals surface area contributed by atoms with Crippen LogP contribution in [0.4, 0.5) is 0 Å². The molecular weight excluding hydrogens is 280 g/mol. The minimum absolute atomic E-state index is 0.0776. The van der Waals surface area contributed by atoms with E-state index >= 15 is 0 Å². The summed E-state index contributed by atoms with van der Waals surface area (Å²) in [4.78, 5) is 18.7. The van der Waals surface area contributed by atoms with Gasteiger partial charge in [-0.3, -0.25) is 9.78 Å². The Morgan fingerprint density at radius 2 is 2.15 bits per heavy atom. The predicted octanol–water partition coefficient (Wildman–Crippen LogP) is 1.27. The molecule has 0 bridgehead atoms. The maximum absolute atomic E-state index is 11.4. The smallest absolute Gasteiger partial charge is 0.224 e. The average molecular weight is 292 g/mol. The Kier molecular flexibility index (Phi) is 4.09. The summed E-state index contributed by atoms with van der Waals surface area (Å²) in [6, 6.07) is 4.69. The zero-order valence-electron chi connectivity index (χ0n) is 10.7. The first kappa shape index (κ1) is 14.1. The molecule has 0 aliphatic heterocycles. The van der Waals surface area contributed by atoms with Gasteiger partial charge < -0.3 is 4.74 Å². The highest BCUT2D eigenvalue weighted by molar-refractivity contribution is 7.90. The second-order valence-corrected chi connectivity index (χ2v) is 6.12. The van der Waals surface area contributed by atoms with E-state index in [-0.39, 0.29) is 17.4 Å². The molecule has 6 nitrogen and oxygen atoms in total. The van der Waals surface area contributed by atoms with Crippen molar-refractivity contribution in [2.75, 3.05) is 6.26 Å². The van der Waals surface area contributed by atoms with Crippen molar-refractivity contribution in [3.8, 4) is 5.88 Å². The minimum atomic E-state index is -3.31. The Hall–Kier alpha value is -2.28. The van der Waals surface area contributed by atoms with Gasteiger partial charge >= 0.3 is 0 Å². The summed E-state index contributed by atoms with van der Waals surface area (Å²) in [6.07, 6.45) is 6.04. The molecular formula is C13H12N2O4S. The summed E-state index contributed by atoms with van der Waals surface area (Å²) in [6.45, 7) is 0.0776. The fourth-order valence-corrected chi connectivity index (χ4v) is 2.13. The molecule has 7 heteroatoms. The number of nitrogens with zero attached hydrogens (tertiary/aromatic N) is 2. The lowest BCUT2D eigenvalue weighted by Gasteiger charge is -2.07. The summed E-state index contributed by atoms with van der Waals surface area (Å²) in [5.41, 5.74) is 0.912. The average Bonchev–Trinajstić information content (AvgIpc) is 2.45. The third-order valence-corrected chi connectivity index (χ3v) is 3.58. The highest BCUT2D eigenvalue weighted by Crippen LogP contribution is 2.15. The molecule has 0 aromatic carbocycles. The number of pyridine rings is 2. The Balaban J connectivity index is 2.17. The van der Waals surface area contributed by atoms with Gasteiger partial charge in [-0.05, 0) is 18.2 Å². The topological polar surface area (TPSA) is 86.2 Å². The fraction of sp³-hybridized carbons (Fsp3) is 0.154. The van der Waals surface area contributed by atoms with Gasteiger partial charge in [-0.25, -0.2) is 13.4 Å². The molecule has 2 heterocycles. The van der Waals surface area contributed by atoms with Crippen molar-refractivity contribution in [3.05, 3.63) is 47.9 Å². The second kappa shape index (κ2) is 5.79. The number of ether oxygens (including phenoxy) is 1. The Morgan fingerprint density at radius 1 is 1.35 bits per heavy atom. The maximum Gasteiger partial charge on any atom is 0.224 e. The predicted molar refractivity (Wildman–Crippen MR) is 71.3 cm³/mol. The highest BCUT2D eigenvalue weighted by atomic mass is 32.2. The van der Waals surface area contributed by atoms with Crippen molar-refractivity contribution in [1.82, 2.24) is 9.97 Å². The van der Waals surface area contributed by atoms with E-state index in [1.54, 1.807) is 12.1 Å². The van der Waals surface area contributed by atoms with Gasteiger partial charge in [0.05, 0.1) is 10.5 Å². The van der Waals surface area contributed by atoms with E-state index in [1.807, 2.05) is 0 Å². The van der Waals surface area contributed by atoms with Gasteiger partial charge in [0.15, 0.2) is 16.1 Å². The van der Waals surface area contributed by atoms with Crippen LogP contribution in [0.15, 0.2) is 41.7 Å². The summed E-state index contributed by atoms with van der Waals surface area (Å²) >= 11 is 0. The van der Waals surface area contributed by atoms with Gasteiger partial charge in [0.1, 0.15) is 6.61 Å². The van der Waals surface area contributed by atoms with Crippen molar-refractivity contribution in [2.24, 2.45) is 0 Å². The van der Waals surface area contributed by atoms with Crippen molar-refractivity contribution in [3.63, 3.8) is 0 Å². The largest absolute Gasteiger partial charge is 0.472 e. The fourth-order valence-electron chi connectivity index (χ4n) is 1.51. The van der Waals surface area contributed by atoms with Gasteiger partial charge in [-0.2, -0.15) is 0 Å². The van der Waals surface area contributed by atoms with Crippen LogP contribution < -0.4 is 4.74 Å². The quantitative estimate of drug-likeness (QED) is 0.771. The monoisotopic (exact) mass is 292 g/mol. The van der Waals surface area contributed by atoms with Crippen LogP contribution in [0.1, 0.15) is 15.9 Å². The number of carbonyl (C=O) groups excluding carboxylic acids is 1. The number of hydrogen-bond donors (Lipinski definition) is 0. The number of hydrogen-bond acceptors (Lipinski definition) is 6. The van der Waals surface area contributed by atoms with E-state index in [4.69, 9.17) is 4.74 Å². The molecule has 2 aromatic rings. The van der Waals surface area contributed by atoms with Crippen LogP contribution in [0.3, 0.4) is 0 Å². The van der Waals surface area contributed by atoms with E-state index < -0.39 is 9.84 Å². The lowest BCUT2D eigenvalue weighted by Crippen LogP contribution is -2.03. The van der Waals surface area contributed by atoms with Crippen molar-refractivity contribution < 1.29 is 17.9 Å². The third kappa shape index (κ3) is 3.39. The summed E-state index contributed by atoms with van der Waals surface area (Å²) in [5.74, 6) is 0.201. The Labute approximate surface area is 116 Å². The molecule has 104 valence electrons. The van der Waals surface area contributed by atoms with E-state index in [1.165, 1.54) is 24.7 Å². The molecule has 0 aliphatic carbocycles. The summed E-state index contributed by atoms with van der Waals surface area (Å²) in [5, 5.41) is 0. The SMILES string of the molecule is CS(=O)(=O)c1cncc(COc2ncccc2C=O)c1. The number of aldehydes is 1. The minimum Gasteiger partial charge on any atom is -0.472 e. The number of rotatable bonds is 5. The summed E-state index contributed by atoms with van der Waals surface area (Å²) in [7, 11) is -3.31. The lowest BCUT2D eigenvalue weighted by atomic mass is 10.3. The van der Waals surface area contributed by atoms with Crippen LogP contribution in [0.5, 0.6) is 5.88 Å². The van der Waals surface area contributed by atoms with E-state index in [0.717, 1.165) is 6.26 Å². The van der Waals surface area contributed by atoms with Crippen LogP contribution in [0, 0.1) is 0 Å². The zero-order valence-corrected chi connectivity index (χ0v) is 11.5. The third-order valence-electron chi connectivity index (χ3n) is 2.50. The van der Waals surface area contributed by atoms with Crippen LogP contribution in [0.25, 0.3) is 0 Å². The molecule has 0 radical (unpaired) electrons. The maximum atomic E-state index is 11.4. The van der Waals surface area contributed by atoms with E-state index in [9.17, 15) is 13.2 Å². The molecule has 0 aliphatic rings. The molecule has 0 spiro atoms. The van der Waals surface area contributed by atoms with Crippen LogP contribution in [0.2, 0.25) is 0 Å². The van der Waals surface area contributed by atoms with Crippen LogP contribution in [-0.4, -0.2) is 30.9 Å². The molecule has 0 saturated carbocycles. The first-order valence-electron chi connectivity index (χ1n) is 5.67. The molecule has 0 saturated heterocycles. The molecule has 0 amide bonds. The first-order valence-corrected chi connectivity index (χ1v) is 7.57. The highest BCUT2D eigenvalue weighted by Gasteiger charge is 2.09. The van der Waals surface area contributed by atoms with Gasteiger partial charge in [-0.15, -0.1) is 0 Å². The van der Waals surface area contributed by atoms with E-state index in [0.29, 0.717) is 17.4 Å².